The van der Waals surface area contributed by atoms with Crippen LogP contribution in [0.5, 0.6) is 5.88 Å². The molecule has 22 heavy (non-hydrogen) atoms. The summed E-state index contributed by atoms with van der Waals surface area (Å²) >= 11 is 0. The third kappa shape index (κ3) is 1.25. The number of nitrogens with zero attached hydrogens (tertiary/aromatic N) is 2. The number of carbonyl (C=O) groups is 1. The van der Waals surface area contributed by atoms with Crippen LogP contribution in [0.1, 0.15) is 44.4 Å². The van der Waals surface area contributed by atoms with Crippen molar-refractivity contribution >= 4 is 5.78 Å². The minimum absolute atomic E-state index is 0.0457. The number of ether oxygens (including phenoxy) is 1. The molecule has 1 heterocycles. The largest absolute Gasteiger partial charge is 0.515 e. The first-order valence-electron chi connectivity index (χ1n) is 7.70. The summed E-state index contributed by atoms with van der Waals surface area (Å²) in [6.45, 7) is 4.22. The van der Waals surface area contributed by atoms with Crippen LogP contribution >= 0.6 is 0 Å². The summed E-state index contributed by atoms with van der Waals surface area (Å²) < 4.78 is 5.40. The first kappa shape index (κ1) is 13.7. The van der Waals surface area contributed by atoms with E-state index in [2.05, 4.69) is 16.9 Å². The molecule has 1 aromatic rings. The van der Waals surface area contributed by atoms with Crippen molar-refractivity contribution < 1.29 is 14.6 Å². The van der Waals surface area contributed by atoms with Crippen molar-refractivity contribution in [2.75, 3.05) is 7.11 Å². The number of hydrogen-bond acceptors (Lipinski definition) is 5. The summed E-state index contributed by atoms with van der Waals surface area (Å²) in [6, 6.07) is 0. The molecule has 0 aromatic carbocycles. The van der Waals surface area contributed by atoms with Gasteiger partial charge in [-0.25, -0.2) is 9.97 Å². The lowest BCUT2D eigenvalue weighted by Gasteiger charge is -2.48. The molecule has 2 saturated carbocycles. The first-order chi connectivity index (χ1) is 10.4. The second kappa shape index (κ2) is 3.89. The van der Waals surface area contributed by atoms with Crippen LogP contribution in [-0.2, 0) is 16.6 Å². The molecule has 1 N–H and O–H groups in total. The zero-order valence-electron chi connectivity index (χ0n) is 13.1. The van der Waals surface area contributed by atoms with Gasteiger partial charge in [-0.15, -0.1) is 0 Å². The molecule has 1 aromatic heterocycles. The minimum Gasteiger partial charge on any atom is -0.515 e. The van der Waals surface area contributed by atoms with Crippen molar-refractivity contribution in [2.45, 2.75) is 44.9 Å². The van der Waals surface area contributed by atoms with Gasteiger partial charge >= 0.3 is 0 Å². The van der Waals surface area contributed by atoms with Gasteiger partial charge in [-0.1, -0.05) is 13.8 Å². The maximum Gasteiger partial charge on any atom is 0.219 e. The summed E-state index contributed by atoms with van der Waals surface area (Å²) in [5.41, 5.74) is 1.89. The van der Waals surface area contributed by atoms with E-state index in [1.165, 1.54) is 0 Å². The number of aliphatic hydroxyl groups is 1. The monoisotopic (exact) mass is 300 g/mol. The van der Waals surface area contributed by atoms with Crippen LogP contribution in [0.3, 0.4) is 0 Å². The van der Waals surface area contributed by atoms with E-state index in [1.54, 1.807) is 13.4 Å². The molecule has 3 aliphatic carbocycles. The molecule has 0 aliphatic heterocycles. The first-order valence-corrected chi connectivity index (χ1v) is 7.70. The Hall–Kier alpha value is -1.91. The highest BCUT2D eigenvalue weighted by molar-refractivity contribution is 6.04. The van der Waals surface area contributed by atoms with E-state index in [-0.39, 0.29) is 22.0 Å². The van der Waals surface area contributed by atoms with Crippen LogP contribution in [0.4, 0.5) is 0 Å². The zero-order valence-corrected chi connectivity index (χ0v) is 13.1. The highest BCUT2D eigenvalue weighted by atomic mass is 16.5. The summed E-state index contributed by atoms with van der Waals surface area (Å²) in [5, 5.41) is 9.52. The molecule has 1 unspecified atom stereocenters. The highest BCUT2D eigenvalue weighted by Gasteiger charge is 2.79. The SMILES string of the molecule is COc1ncnc2c1CC[C@@]13CC1(C)C(=O)/C(=C\O)C[C@]23C. The van der Waals surface area contributed by atoms with E-state index >= 15 is 0 Å². The van der Waals surface area contributed by atoms with Crippen LogP contribution < -0.4 is 4.74 Å². The fourth-order valence-electron chi connectivity index (χ4n) is 5.31. The van der Waals surface area contributed by atoms with Crippen molar-refractivity contribution in [3.8, 4) is 5.88 Å². The van der Waals surface area contributed by atoms with E-state index in [4.69, 9.17) is 4.74 Å². The molecule has 0 bridgehead atoms. The van der Waals surface area contributed by atoms with Crippen molar-refractivity contribution in [1.29, 1.82) is 0 Å². The topological polar surface area (TPSA) is 72.3 Å². The van der Waals surface area contributed by atoms with Crippen LogP contribution in [0, 0.1) is 10.8 Å². The predicted octanol–water partition coefficient (Wildman–Crippen LogP) is 2.50. The molecule has 0 amide bonds. The zero-order chi connectivity index (χ0) is 15.8. The number of fused-ring (bicyclic) bond motifs is 2. The third-order valence-electron chi connectivity index (χ3n) is 6.56. The molecule has 2 fully saturated rings. The molecule has 3 atom stereocenters. The van der Waals surface area contributed by atoms with Crippen LogP contribution in [0.15, 0.2) is 18.2 Å². The van der Waals surface area contributed by atoms with Crippen molar-refractivity contribution in [3.63, 3.8) is 0 Å². The Kier molecular flexibility index (Phi) is 2.43. The molecular formula is C17H20N2O3. The summed E-state index contributed by atoms with van der Waals surface area (Å²) in [5.74, 6) is 0.742. The fourth-order valence-corrected chi connectivity index (χ4v) is 5.31. The van der Waals surface area contributed by atoms with E-state index in [0.29, 0.717) is 17.9 Å². The number of Topliss-reactive ketones (excluding diaryl/α,β-unsaturated/α-hetero) is 1. The Morgan fingerprint density at radius 2 is 2.09 bits per heavy atom. The van der Waals surface area contributed by atoms with Gasteiger partial charge in [0.2, 0.25) is 5.88 Å². The van der Waals surface area contributed by atoms with Gasteiger partial charge in [0.15, 0.2) is 5.78 Å². The normalized spacial score (nSPS) is 40.7. The van der Waals surface area contributed by atoms with Gasteiger partial charge in [0.1, 0.15) is 6.33 Å². The van der Waals surface area contributed by atoms with Gasteiger partial charge in [-0.3, -0.25) is 4.79 Å². The Morgan fingerprint density at radius 3 is 2.77 bits per heavy atom. The molecule has 4 rings (SSSR count). The minimum atomic E-state index is -0.371. The Bertz CT molecular complexity index is 729. The average Bonchev–Trinajstić information content (AvgIpc) is 3.16. The Labute approximate surface area is 129 Å². The van der Waals surface area contributed by atoms with Gasteiger partial charge in [-0.05, 0) is 31.1 Å². The standard InChI is InChI=1S/C17H20N2O3/c1-15-6-10(7-20)13(21)16(2)8-17(15,16)5-4-11-12(15)18-9-19-14(11)22-3/h7,9,20H,4-6,8H2,1-3H3/b10-7-/t15-,16?,17+/m1/s1. The maximum atomic E-state index is 12.7. The summed E-state index contributed by atoms with van der Waals surface area (Å²) in [6.07, 6.45) is 5.73. The molecule has 5 heteroatoms. The number of aromatic nitrogens is 2. The number of hydrogen-bond donors (Lipinski definition) is 1. The van der Waals surface area contributed by atoms with E-state index in [9.17, 15) is 9.90 Å². The number of ketones is 1. The van der Waals surface area contributed by atoms with E-state index in [0.717, 1.165) is 36.8 Å². The van der Waals surface area contributed by atoms with Crippen molar-refractivity contribution in [3.05, 3.63) is 29.4 Å². The molecule has 5 nitrogen and oxygen atoms in total. The van der Waals surface area contributed by atoms with Crippen LogP contribution in [0.25, 0.3) is 0 Å². The van der Waals surface area contributed by atoms with Crippen molar-refractivity contribution in [2.24, 2.45) is 10.8 Å². The number of aliphatic hydroxyl groups excluding tert-OH is 1. The van der Waals surface area contributed by atoms with Crippen LogP contribution in [-0.4, -0.2) is 28.0 Å². The Morgan fingerprint density at radius 1 is 1.32 bits per heavy atom. The molecule has 3 aliphatic rings. The lowest BCUT2D eigenvalue weighted by Crippen LogP contribution is -2.48. The van der Waals surface area contributed by atoms with Gasteiger partial charge in [-0.2, -0.15) is 0 Å². The predicted molar refractivity (Wildman–Crippen MR) is 79.7 cm³/mol. The number of rotatable bonds is 1. The quantitative estimate of drug-likeness (QED) is 0.637. The molecule has 1 spiro atoms. The lowest BCUT2D eigenvalue weighted by atomic mass is 9.54. The third-order valence-corrected chi connectivity index (χ3v) is 6.56. The van der Waals surface area contributed by atoms with Gasteiger partial charge < -0.3 is 9.84 Å². The van der Waals surface area contributed by atoms with Gasteiger partial charge in [0, 0.05) is 22.0 Å². The molecule has 0 saturated heterocycles. The number of methoxy groups -OCH3 is 1. The second-order valence-electron chi connectivity index (χ2n) is 7.29. The van der Waals surface area contributed by atoms with Crippen LogP contribution in [0.2, 0.25) is 0 Å². The highest BCUT2D eigenvalue weighted by Crippen LogP contribution is 2.80. The Balaban J connectivity index is 1.95. The second-order valence-corrected chi connectivity index (χ2v) is 7.29. The maximum absolute atomic E-state index is 12.7. The van der Waals surface area contributed by atoms with Gasteiger partial charge in [0.25, 0.3) is 0 Å². The smallest absolute Gasteiger partial charge is 0.219 e. The average molecular weight is 300 g/mol. The lowest BCUT2D eigenvalue weighted by molar-refractivity contribution is -0.124. The van der Waals surface area contributed by atoms with E-state index < -0.39 is 0 Å². The molecular weight excluding hydrogens is 280 g/mol. The number of carbonyl (C=O) groups excluding carboxylic acids is 1. The number of allylic oxidation sites excluding steroid dienone is 1. The summed E-state index contributed by atoms with van der Waals surface area (Å²) in [7, 11) is 1.63. The van der Waals surface area contributed by atoms with Crippen molar-refractivity contribution in [1.82, 2.24) is 9.97 Å². The van der Waals surface area contributed by atoms with E-state index in [1.807, 2.05) is 6.92 Å². The molecule has 116 valence electrons. The fraction of sp³-hybridized carbons (Fsp3) is 0.588. The molecule has 0 radical (unpaired) electrons. The summed E-state index contributed by atoms with van der Waals surface area (Å²) in [4.78, 5) is 21.5. The van der Waals surface area contributed by atoms with Gasteiger partial charge in [0.05, 0.1) is 19.1 Å².